The van der Waals surface area contributed by atoms with E-state index in [4.69, 9.17) is 28.8 Å². The lowest BCUT2D eigenvalue weighted by atomic mass is 10.2. The van der Waals surface area contributed by atoms with Crippen LogP contribution in [0.2, 0.25) is 0 Å². The highest BCUT2D eigenvalue weighted by Gasteiger charge is 2.20. The summed E-state index contributed by atoms with van der Waals surface area (Å²) in [5, 5.41) is 0. The molecule has 2 unspecified atom stereocenters. The highest BCUT2D eigenvalue weighted by molar-refractivity contribution is 7.81. The first-order valence-corrected chi connectivity index (χ1v) is 5.72. The van der Waals surface area contributed by atoms with E-state index < -0.39 is 6.95 Å². The first-order chi connectivity index (χ1) is 5.02. The van der Waals surface area contributed by atoms with E-state index in [0.29, 0.717) is 6.54 Å². The molecule has 0 aliphatic rings. The average molecular weight is 222 g/mol. The Bertz CT molecular complexity index is 156. The zero-order chi connectivity index (χ0) is 8.91. The van der Waals surface area contributed by atoms with Crippen molar-refractivity contribution in [3.63, 3.8) is 0 Å². The molecule has 0 aliphatic heterocycles. The summed E-state index contributed by atoms with van der Waals surface area (Å²) in [5.41, 5.74) is 5.26. The van der Waals surface area contributed by atoms with Crippen LogP contribution in [0, 0.1) is 5.92 Å². The second-order valence-electron chi connectivity index (χ2n) is 2.14. The summed E-state index contributed by atoms with van der Waals surface area (Å²) in [7, 11) is 0. The molecule has 2 N–H and O–H groups in total. The molecule has 11 heavy (non-hydrogen) atoms. The molecule has 0 aromatic rings. The van der Waals surface area contributed by atoms with Gasteiger partial charge in [-0.05, 0) is 12.5 Å². The Balaban J connectivity index is 3.61. The van der Waals surface area contributed by atoms with Crippen molar-refractivity contribution in [2.75, 3.05) is 13.2 Å². The van der Waals surface area contributed by atoms with Gasteiger partial charge >= 0.3 is 6.95 Å². The Morgan fingerprint density at radius 1 is 1.73 bits per heavy atom. The van der Waals surface area contributed by atoms with Gasteiger partial charge in [-0.15, -0.1) is 0 Å². The third kappa shape index (κ3) is 5.91. The van der Waals surface area contributed by atoms with Gasteiger partial charge in [0.15, 0.2) is 0 Å². The third-order valence-corrected chi connectivity index (χ3v) is 2.88. The molecule has 0 rings (SSSR count). The lowest BCUT2D eigenvalue weighted by Crippen LogP contribution is -2.15. The van der Waals surface area contributed by atoms with Gasteiger partial charge in [0.1, 0.15) is 0 Å². The summed E-state index contributed by atoms with van der Waals surface area (Å²) in [6.07, 6.45) is 0. The monoisotopic (exact) mass is 221 g/mol. The van der Waals surface area contributed by atoms with E-state index in [0.717, 1.165) is 0 Å². The van der Waals surface area contributed by atoms with Gasteiger partial charge in [-0.3, -0.25) is 4.52 Å². The molecule has 7 heteroatoms. The van der Waals surface area contributed by atoms with E-state index in [1.807, 2.05) is 6.92 Å². The van der Waals surface area contributed by atoms with Gasteiger partial charge in [-0.1, -0.05) is 6.92 Å². The molecule has 68 valence electrons. The summed E-state index contributed by atoms with van der Waals surface area (Å²) in [4.78, 5) is 0. The van der Waals surface area contributed by atoms with E-state index in [2.05, 4.69) is 8.60 Å². The largest absolute Gasteiger partial charge is 0.440 e. The van der Waals surface area contributed by atoms with E-state index in [-0.39, 0.29) is 12.5 Å². The fourth-order valence-corrected chi connectivity index (χ4v) is 1.07. The van der Waals surface area contributed by atoms with Crippen molar-refractivity contribution in [3.8, 4) is 0 Å². The van der Waals surface area contributed by atoms with E-state index >= 15 is 0 Å². The predicted octanol–water partition coefficient (Wildman–Crippen LogP) is 2.12. The highest BCUT2D eigenvalue weighted by Crippen LogP contribution is 2.54. The Hall–Kier alpha value is 0.690. The molecule has 0 aliphatic carbocycles. The van der Waals surface area contributed by atoms with Gasteiger partial charge < -0.3 is 5.73 Å². The van der Waals surface area contributed by atoms with Gasteiger partial charge in [0.05, 0.1) is 18.5 Å². The minimum absolute atomic E-state index is 0.0777. The zero-order valence-corrected chi connectivity index (χ0v) is 8.40. The van der Waals surface area contributed by atoms with Gasteiger partial charge in [-0.25, -0.2) is 4.57 Å². The first kappa shape index (κ1) is 11.7. The fourth-order valence-electron chi connectivity index (χ4n) is 0.304. The van der Waals surface area contributed by atoms with Crippen molar-refractivity contribution >= 4 is 30.1 Å². The average Bonchev–Trinajstić information content (AvgIpc) is 2.00. The van der Waals surface area contributed by atoms with Crippen LogP contribution in [0.3, 0.4) is 0 Å². The van der Waals surface area contributed by atoms with Crippen LogP contribution in [-0.2, 0) is 13.2 Å². The number of halogens is 2. The molecule has 0 aromatic carbocycles. The Morgan fingerprint density at radius 3 is 2.64 bits per heavy atom. The lowest BCUT2D eigenvalue weighted by Gasteiger charge is -2.10. The second kappa shape index (κ2) is 5.36. The van der Waals surface area contributed by atoms with Crippen LogP contribution in [0.5, 0.6) is 0 Å². The second-order valence-corrected chi connectivity index (χ2v) is 5.05. The van der Waals surface area contributed by atoms with E-state index in [1.54, 1.807) is 0 Å². The summed E-state index contributed by atoms with van der Waals surface area (Å²) in [5.74, 6) is 0.0777. The van der Waals surface area contributed by atoms with Crippen molar-refractivity contribution < 1.29 is 13.2 Å². The molecule has 0 fully saturated rings. The maximum Gasteiger partial charge on any atom is 0.440 e. The van der Waals surface area contributed by atoms with Crippen LogP contribution >= 0.6 is 30.1 Å². The van der Waals surface area contributed by atoms with Gasteiger partial charge in [0.2, 0.25) is 0 Å². The summed E-state index contributed by atoms with van der Waals surface area (Å²) >= 11 is 9.93. The van der Waals surface area contributed by atoms with E-state index in [9.17, 15) is 4.57 Å². The molecule has 0 amide bonds. The van der Waals surface area contributed by atoms with Crippen molar-refractivity contribution in [3.05, 3.63) is 0 Å². The Labute approximate surface area is 75.4 Å². The molecule has 0 saturated heterocycles. The Kier molecular flexibility index (Phi) is 5.69. The summed E-state index contributed by atoms with van der Waals surface area (Å²) in [6, 6.07) is 0. The smallest absolute Gasteiger partial charge is 0.330 e. The molecular weight excluding hydrogens is 212 g/mol. The molecule has 4 nitrogen and oxygen atoms in total. The number of hydrogen-bond acceptors (Lipinski definition) is 4. The highest BCUT2D eigenvalue weighted by atomic mass is 35.7. The molecule has 0 saturated carbocycles. The van der Waals surface area contributed by atoms with Crippen molar-refractivity contribution in [1.82, 2.24) is 0 Å². The molecular formula is C4H10Cl2NO3P. The number of hydrogen-bond donors (Lipinski definition) is 1. The van der Waals surface area contributed by atoms with Gasteiger partial charge in [0.25, 0.3) is 0 Å². The minimum atomic E-state index is -3.56. The Morgan fingerprint density at radius 2 is 2.27 bits per heavy atom. The molecule has 0 aromatic heterocycles. The maximum atomic E-state index is 10.8. The molecule has 0 radical (unpaired) electrons. The number of nitrogens with two attached hydrogens (primary N) is 1. The molecule has 0 bridgehead atoms. The van der Waals surface area contributed by atoms with Crippen LogP contribution in [0.25, 0.3) is 0 Å². The van der Waals surface area contributed by atoms with Crippen molar-refractivity contribution in [2.45, 2.75) is 6.92 Å². The SMILES string of the molecule is CC(CN)COP(=O)(Cl)OCl. The topological polar surface area (TPSA) is 61.5 Å². The molecule has 2 atom stereocenters. The molecule has 0 spiro atoms. The summed E-state index contributed by atoms with van der Waals surface area (Å²) in [6.45, 7) is -1.13. The quantitative estimate of drug-likeness (QED) is 0.723. The van der Waals surface area contributed by atoms with Gasteiger partial charge in [-0.2, -0.15) is 4.08 Å². The van der Waals surface area contributed by atoms with Crippen LogP contribution in [0.4, 0.5) is 0 Å². The lowest BCUT2D eigenvalue weighted by molar-refractivity contribution is 0.243. The van der Waals surface area contributed by atoms with Gasteiger partial charge in [0, 0.05) is 11.2 Å². The van der Waals surface area contributed by atoms with E-state index in [1.165, 1.54) is 0 Å². The number of rotatable bonds is 5. The maximum absolute atomic E-state index is 10.8. The van der Waals surface area contributed by atoms with Crippen molar-refractivity contribution in [1.29, 1.82) is 0 Å². The first-order valence-electron chi connectivity index (χ1n) is 2.96. The molecule has 0 heterocycles. The van der Waals surface area contributed by atoms with Crippen LogP contribution < -0.4 is 5.73 Å². The normalized spacial score (nSPS) is 19.3. The fraction of sp³-hybridized carbons (Fsp3) is 1.00. The van der Waals surface area contributed by atoms with Crippen LogP contribution in [0.1, 0.15) is 6.92 Å². The van der Waals surface area contributed by atoms with Crippen LogP contribution in [-0.4, -0.2) is 13.2 Å². The summed E-state index contributed by atoms with van der Waals surface area (Å²) < 4.78 is 19.2. The minimum Gasteiger partial charge on any atom is -0.330 e. The van der Waals surface area contributed by atoms with Crippen molar-refractivity contribution in [2.24, 2.45) is 11.7 Å². The predicted molar refractivity (Wildman–Crippen MR) is 44.6 cm³/mol. The third-order valence-electron chi connectivity index (χ3n) is 0.998. The standard InChI is InChI=1S/C4H10Cl2NO3P/c1-4(2-7)3-9-11(6,8)10-5/h4H,2-3,7H2,1H3. The van der Waals surface area contributed by atoms with Crippen LogP contribution in [0.15, 0.2) is 0 Å². The zero-order valence-electron chi connectivity index (χ0n) is 6.00.